The van der Waals surface area contributed by atoms with Gasteiger partial charge >= 0.3 is 0 Å². The summed E-state index contributed by atoms with van der Waals surface area (Å²) in [5.74, 6) is -0.0123. The van der Waals surface area contributed by atoms with Gasteiger partial charge in [-0.15, -0.1) is 0 Å². The zero-order chi connectivity index (χ0) is 25.1. The van der Waals surface area contributed by atoms with E-state index in [2.05, 4.69) is 25.6 Å². The molecule has 10 heteroatoms. The van der Waals surface area contributed by atoms with Crippen LogP contribution in [0.2, 0.25) is 0 Å². The number of fused-ring (bicyclic) bond motifs is 1. The molecule has 0 atom stereocenters. The highest BCUT2D eigenvalue weighted by Gasteiger charge is 2.18. The number of amides is 1. The zero-order valence-electron chi connectivity index (χ0n) is 19.0. The highest BCUT2D eigenvalue weighted by atomic mass is 16.4. The fraction of sp³-hybridized carbons (Fsp3) is 0.0769. The standard InChI is InChI=1S/C26H22N6O4/c27-24-9-8-15(14-29-24)18-5-3-6-19(30-18)25(35)31-20-13-23-21(32-26(36-23)28-10-11-33)12-17(20)16-4-1-2-7-22(16)34/h1-9,12-14,33-34H,10-11H2,(H2,27,29)(H,28,32)(H,31,35). The van der Waals surface area contributed by atoms with Gasteiger partial charge in [0, 0.05) is 35.5 Å². The number of phenolic OH excluding ortho intramolecular Hbond substituents is 1. The number of anilines is 3. The number of aromatic nitrogens is 3. The molecule has 0 unspecified atom stereocenters. The Balaban J connectivity index is 1.53. The largest absolute Gasteiger partial charge is 0.507 e. The average Bonchev–Trinajstić information content (AvgIpc) is 3.29. The highest BCUT2D eigenvalue weighted by Crippen LogP contribution is 2.38. The van der Waals surface area contributed by atoms with Crippen LogP contribution in [0.5, 0.6) is 5.75 Å². The number of oxazole rings is 1. The van der Waals surface area contributed by atoms with Crippen LogP contribution in [0.1, 0.15) is 10.5 Å². The Morgan fingerprint density at radius 2 is 1.86 bits per heavy atom. The van der Waals surface area contributed by atoms with Crippen LogP contribution in [0.4, 0.5) is 17.5 Å². The third-order valence-corrected chi connectivity index (χ3v) is 5.42. The van der Waals surface area contributed by atoms with E-state index in [0.717, 1.165) is 5.56 Å². The van der Waals surface area contributed by atoms with Crippen LogP contribution in [0.25, 0.3) is 33.5 Å². The number of nitrogens with zero attached hydrogens (tertiary/aromatic N) is 3. The molecule has 0 bridgehead atoms. The maximum atomic E-state index is 13.2. The minimum Gasteiger partial charge on any atom is -0.507 e. The lowest BCUT2D eigenvalue weighted by Gasteiger charge is -2.13. The first-order valence-corrected chi connectivity index (χ1v) is 11.1. The Hall–Kier alpha value is -4.96. The second-order valence-electron chi connectivity index (χ2n) is 7.89. The SMILES string of the molecule is Nc1ccc(-c2cccc(C(=O)Nc3cc4oc(NCCO)nc4cc3-c3ccccc3O)n2)cn1. The number of benzene rings is 2. The van der Waals surface area contributed by atoms with Crippen LogP contribution in [0.15, 0.2) is 77.3 Å². The quantitative estimate of drug-likeness (QED) is 0.232. The molecule has 180 valence electrons. The molecule has 6 N–H and O–H groups in total. The summed E-state index contributed by atoms with van der Waals surface area (Å²) in [4.78, 5) is 26.2. The van der Waals surface area contributed by atoms with E-state index in [9.17, 15) is 9.90 Å². The molecule has 0 aliphatic heterocycles. The van der Waals surface area contributed by atoms with Gasteiger partial charge in [-0.3, -0.25) is 4.79 Å². The van der Waals surface area contributed by atoms with Crippen LogP contribution in [-0.2, 0) is 0 Å². The molecule has 0 saturated heterocycles. The fourth-order valence-corrected chi connectivity index (χ4v) is 3.71. The van der Waals surface area contributed by atoms with Gasteiger partial charge in [0.25, 0.3) is 11.9 Å². The van der Waals surface area contributed by atoms with E-state index in [4.69, 9.17) is 15.3 Å². The minimum absolute atomic E-state index is 0.0467. The van der Waals surface area contributed by atoms with Crippen LogP contribution >= 0.6 is 0 Å². The zero-order valence-corrected chi connectivity index (χ0v) is 19.0. The maximum Gasteiger partial charge on any atom is 0.295 e. The van der Waals surface area contributed by atoms with Gasteiger partial charge in [0.1, 0.15) is 22.8 Å². The molecule has 5 aromatic rings. The van der Waals surface area contributed by atoms with Crippen molar-refractivity contribution in [3.05, 3.63) is 78.6 Å². The third kappa shape index (κ3) is 4.65. The number of rotatable bonds is 7. The predicted octanol–water partition coefficient (Wildman–Crippen LogP) is 3.90. The van der Waals surface area contributed by atoms with E-state index in [-0.39, 0.29) is 30.6 Å². The van der Waals surface area contributed by atoms with Gasteiger partial charge in [-0.05, 0) is 36.4 Å². The molecule has 2 aromatic carbocycles. The van der Waals surface area contributed by atoms with Crippen molar-refractivity contribution in [3.8, 4) is 28.1 Å². The normalized spacial score (nSPS) is 10.9. The van der Waals surface area contributed by atoms with Crippen molar-refractivity contribution in [2.45, 2.75) is 0 Å². The number of phenols is 1. The average molecular weight is 483 g/mol. The van der Waals surface area contributed by atoms with Crippen molar-refractivity contribution >= 4 is 34.5 Å². The summed E-state index contributed by atoms with van der Waals surface area (Å²) in [7, 11) is 0. The number of nitrogens with one attached hydrogen (secondary N) is 2. The van der Waals surface area contributed by atoms with Gasteiger partial charge in [-0.2, -0.15) is 4.98 Å². The predicted molar refractivity (Wildman–Crippen MR) is 137 cm³/mol. The number of para-hydroxylation sites is 1. The number of pyridine rings is 2. The number of nitrogens with two attached hydrogens (primary N) is 1. The van der Waals surface area contributed by atoms with Gasteiger partial charge in [0.05, 0.1) is 18.0 Å². The molecule has 10 nitrogen and oxygen atoms in total. The molecule has 3 aromatic heterocycles. The molecule has 36 heavy (non-hydrogen) atoms. The summed E-state index contributed by atoms with van der Waals surface area (Å²) in [6, 6.07) is 19.0. The Bertz CT molecular complexity index is 1550. The topological polar surface area (TPSA) is 159 Å². The highest BCUT2D eigenvalue weighted by molar-refractivity contribution is 6.07. The maximum absolute atomic E-state index is 13.2. The van der Waals surface area contributed by atoms with Crippen molar-refractivity contribution < 1.29 is 19.4 Å². The first kappa shape index (κ1) is 22.8. The summed E-state index contributed by atoms with van der Waals surface area (Å²) >= 11 is 0. The van der Waals surface area contributed by atoms with Crippen molar-refractivity contribution in [2.24, 2.45) is 0 Å². The van der Waals surface area contributed by atoms with Gasteiger partial charge in [-0.1, -0.05) is 24.3 Å². The van der Waals surface area contributed by atoms with E-state index in [0.29, 0.717) is 39.4 Å². The van der Waals surface area contributed by atoms with E-state index in [1.165, 1.54) is 0 Å². The lowest BCUT2D eigenvalue weighted by molar-refractivity contribution is 0.102. The van der Waals surface area contributed by atoms with E-state index in [1.54, 1.807) is 72.9 Å². The molecular formula is C26H22N6O4. The molecule has 0 saturated carbocycles. The molecule has 0 aliphatic carbocycles. The van der Waals surface area contributed by atoms with Gasteiger partial charge in [0.2, 0.25) is 0 Å². The van der Waals surface area contributed by atoms with E-state index >= 15 is 0 Å². The van der Waals surface area contributed by atoms with E-state index in [1.807, 2.05) is 0 Å². The van der Waals surface area contributed by atoms with Crippen LogP contribution in [0, 0.1) is 0 Å². The summed E-state index contributed by atoms with van der Waals surface area (Å²) in [5.41, 5.74) is 9.55. The van der Waals surface area contributed by atoms with Crippen molar-refractivity contribution in [1.82, 2.24) is 15.0 Å². The third-order valence-electron chi connectivity index (χ3n) is 5.42. The molecular weight excluding hydrogens is 460 g/mol. The summed E-state index contributed by atoms with van der Waals surface area (Å²) in [6.45, 7) is 0.190. The molecule has 0 spiro atoms. The first-order chi connectivity index (χ1) is 17.5. The Kier molecular flexibility index (Phi) is 6.16. The molecule has 1 amide bonds. The van der Waals surface area contributed by atoms with Crippen molar-refractivity contribution in [1.29, 1.82) is 0 Å². The number of hydrogen-bond donors (Lipinski definition) is 5. The summed E-state index contributed by atoms with van der Waals surface area (Å²) < 4.78 is 5.73. The Morgan fingerprint density at radius 3 is 2.64 bits per heavy atom. The monoisotopic (exact) mass is 482 g/mol. The minimum atomic E-state index is -0.450. The molecule has 3 heterocycles. The lowest BCUT2D eigenvalue weighted by Crippen LogP contribution is -2.14. The van der Waals surface area contributed by atoms with Crippen LogP contribution < -0.4 is 16.4 Å². The number of carbonyl (C=O) groups excluding carboxylic acids is 1. The second-order valence-corrected chi connectivity index (χ2v) is 7.89. The summed E-state index contributed by atoms with van der Waals surface area (Å²) in [5, 5.41) is 25.3. The molecule has 0 aliphatic rings. The number of nitrogen functional groups attached to an aromatic ring is 1. The number of aliphatic hydroxyl groups is 1. The molecule has 0 fully saturated rings. The van der Waals surface area contributed by atoms with Crippen LogP contribution in [-0.4, -0.2) is 44.2 Å². The van der Waals surface area contributed by atoms with E-state index < -0.39 is 5.91 Å². The number of carbonyl (C=O) groups is 1. The molecule has 5 rings (SSSR count). The lowest BCUT2D eigenvalue weighted by atomic mass is 10.0. The van der Waals surface area contributed by atoms with Gasteiger partial charge in [0.15, 0.2) is 5.58 Å². The Labute approximate surface area is 205 Å². The summed E-state index contributed by atoms with van der Waals surface area (Å²) in [6.07, 6.45) is 1.59. The smallest absolute Gasteiger partial charge is 0.295 e. The fourth-order valence-electron chi connectivity index (χ4n) is 3.71. The molecule has 0 radical (unpaired) electrons. The first-order valence-electron chi connectivity index (χ1n) is 11.1. The Morgan fingerprint density at radius 1 is 1.00 bits per heavy atom. The second kappa shape index (κ2) is 9.72. The van der Waals surface area contributed by atoms with Gasteiger partial charge < -0.3 is 31.0 Å². The number of aliphatic hydroxyl groups excluding tert-OH is 1. The van der Waals surface area contributed by atoms with Crippen molar-refractivity contribution in [2.75, 3.05) is 29.5 Å². The number of hydrogen-bond acceptors (Lipinski definition) is 9. The van der Waals surface area contributed by atoms with Crippen LogP contribution in [0.3, 0.4) is 0 Å². The number of aromatic hydroxyl groups is 1. The van der Waals surface area contributed by atoms with Crippen molar-refractivity contribution in [3.63, 3.8) is 0 Å². The van der Waals surface area contributed by atoms with Gasteiger partial charge in [-0.25, -0.2) is 9.97 Å².